The van der Waals surface area contributed by atoms with Crippen molar-refractivity contribution in [3.05, 3.63) is 35.9 Å². The van der Waals surface area contributed by atoms with Gasteiger partial charge in [0.25, 0.3) is 5.92 Å². The van der Waals surface area contributed by atoms with Gasteiger partial charge in [-0.3, -0.25) is 0 Å². The molecule has 0 spiro atoms. The van der Waals surface area contributed by atoms with Crippen LogP contribution >= 0.6 is 0 Å². The van der Waals surface area contributed by atoms with Crippen LogP contribution in [0, 0.1) is 0 Å². The van der Waals surface area contributed by atoms with Crippen LogP contribution in [0.15, 0.2) is 30.3 Å². The second-order valence-corrected chi connectivity index (χ2v) is 4.42. The van der Waals surface area contributed by atoms with E-state index < -0.39 is 18.6 Å². The molecule has 5 heteroatoms. The Balaban J connectivity index is 1.85. The van der Waals surface area contributed by atoms with E-state index in [1.54, 1.807) is 0 Å². The Labute approximate surface area is 104 Å². The Hall–Kier alpha value is -1.65. The zero-order valence-corrected chi connectivity index (χ0v) is 9.94. The van der Waals surface area contributed by atoms with Crippen LogP contribution in [-0.2, 0) is 11.3 Å². The van der Waals surface area contributed by atoms with Crippen LogP contribution in [0.1, 0.15) is 18.4 Å². The molecule has 0 radical (unpaired) electrons. The minimum Gasteiger partial charge on any atom is -0.445 e. The minimum absolute atomic E-state index is 0.113. The summed E-state index contributed by atoms with van der Waals surface area (Å²) in [4.78, 5) is 12.7. The lowest BCUT2D eigenvalue weighted by Gasteiger charge is -2.31. The smallest absolute Gasteiger partial charge is 0.410 e. The fourth-order valence-corrected chi connectivity index (χ4v) is 1.93. The van der Waals surface area contributed by atoms with E-state index in [0.717, 1.165) is 10.5 Å². The number of likely N-dealkylation sites (tertiary alicyclic amines) is 1. The molecule has 1 heterocycles. The number of ether oxygens (including phenoxy) is 1. The fourth-order valence-electron chi connectivity index (χ4n) is 1.93. The van der Waals surface area contributed by atoms with Gasteiger partial charge in [0.15, 0.2) is 0 Å². The van der Waals surface area contributed by atoms with Gasteiger partial charge in [-0.15, -0.1) is 0 Å². The Morgan fingerprint density at radius 2 is 2.06 bits per heavy atom. The first-order chi connectivity index (χ1) is 8.57. The highest BCUT2D eigenvalue weighted by Gasteiger charge is 2.37. The molecular formula is C13H15F2NO2. The molecule has 1 aliphatic rings. The van der Waals surface area contributed by atoms with Crippen LogP contribution in [0.4, 0.5) is 13.6 Å². The third kappa shape index (κ3) is 3.42. The number of carbonyl (C=O) groups excluding carboxylic acids is 1. The van der Waals surface area contributed by atoms with E-state index in [2.05, 4.69) is 0 Å². The second kappa shape index (κ2) is 5.33. The number of nitrogens with zero attached hydrogens (tertiary/aromatic N) is 1. The molecule has 0 aliphatic carbocycles. The van der Waals surface area contributed by atoms with Gasteiger partial charge in [0, 0.05) is 13.0 Å². The van der Waals surface area contributed by atoms with E-state index in [1.807, 2.05) is 30.3 Å². The molecule has 1 aromatic rings. The van der Waals surface area contributed by atoms with Crippen molar-refractivity contribution in [2.75, 3.05) is 13.1 Å². The van der Waals surface area contributed by atoms with Crippen molar-refractivity contribution < 1.29 is 18.3 Å². The lowest BCUT2D eigenvalue weighted by atomic mass is 10.1. The van der Waals surface area contributed by atoms with E-state index >= 15 is 0 Å². The standard InChI is InChI=1S/C13H15F2NO2/c14-13(15)7-4-8-16(10-13)12(17)18-9-11-5-2-1-3-6-11/h1-3,5-6H,4,7-10H2. The zero-order valence-electron chi connectivity index (χ0n) is 9.94. The maximum Gasteiger partial charge on any atom is 0.410 e. The number of benzene rings is 1. The summed E-state index contributed by atoms with van der Waals surface area (Å²) in [6, 6.07) is 9.16. The van der Waals surface area contributed by atoms with Crippen LogP contribution in [0.25, 0.3) is 0 Å². The van der Waals surface area contributed by atoms with Gasteiger partial charge >= 0.3 is 6.09 Å². The maximum atomic E-state index is 13.1. The number of hydrogen-bond donors (Lipinski definition) is 0. The van der Waals surface area contributed by atoms with Gasteiger partial charge in [0.05, 0.1) is 6.54 Å². The predicted molar refractivity (Wildman–Crippen MR) is 62.4 cm³/mol. The highest BCUT2D eigenvalue weighted by molar-refractivity contribution is 5.67. The normalized spacial score (nSPS) is 18.4. The van der Waals surface area contributed by atoms with Crippen LogP contribution in [0.2, 0.25) is 0 Å². The highest BCUT2D eigenvalue weighted by atomic mass is 19.3. The Bertz CT molecular complexity index is 409. The number of carbonyl (C=O) groups is 1. The molecule has 1 aromatic carbocycles. The van der Waals surface area contributed by atoms with Gasteiger partial charge in [0.1, 0.15) is 6.61 Å². The van der Waals surface area contributed by atoms with Gasteiger partial charge in [0.2, 0.25) is 0 Å². The fraction of sp³-hybridized carbons (Fsp3) is 0.462. The van der Waals surface area contributed by atoms with Crippen LogP contribution in [-0.4, -0.2) is 30.0 Å². The van der Waals surface area contributed by atoms with Gasteiger partial charge < -0.3 is 9.64 Å². The summed E-state index contributed by atoms with van der Waals surface area (Å²) in [5.74, 6) is -2.79. The Morgan fingerprint density at radius 3 is 2.72 bits per heavy atom. The van der Waals surface area contributed by atoms with Crippen molar-refractivity contribution >= 4 is 6.09 Å². The molecule has 0 unspecified atom stereocenters. The molecule has 3 nitrogen and oxygen atoms in total. The monoisotopic (exact) mass is 255 g/mol. The first kappa shape index (κ1) is 12.8. The number of alkyl halides is 2. The molecule has 1 aliphatic heterocycles. The van der Waals surface area contributed by atoms with E-state index in [9.17, 15) is 13.6 Å². The first-order valence-electron chi connectivity index (χ1n) is 5.90. The summed E-state index contributed by atoms with van der Waals surface area (Å²) in [5, 5.41) is 0. The molecule has 0 atom stereocenters. The molecule has 0 saturated carbocycles. The summed E-state index contributed by atoms with van der Waals surface area (Å²) in [7, 11) is 0. The van der Waals surface area contributed by atoms with E-state index in [0.29, 0.717) is 13.0 Å². The molecule has 0 N–H and O–H groups in total. The predicted octanol–water partition coefficient (Wildman–Crippen LogP) is 3.05. The van der Waals surface area contributed by atoms with Crippen molar-refractivity contribution in [3.63, 3.8) is 0 Å². The molecule has 0 bridgehead atoms. The van der Waals surface area contributed by atoms with Crippen LogP contribution in [0.5, 0.6) is 0 Å². The molecule has 0 aromatic heterocycles. The molecule has 18 heavy (non-hydrogen) atoms. The number of amides is 1. The van der Waals surface area contributed by atoms with Gasteiger partial charge in [-0.1, -0.05) is 30.3 Å². The average Bonchev–Trinajstić information content (AvgIpc) is 2.36. The number of halogens is 2. The van der Waals surface area contributed by atoms with Crippen LogP contribution in [0.3, 0.4) is 0 Å². The van der Waals surface area contributed by atoms with Gasteiger partial charge in [-0.2, -0.15) is 0 Å². The lowest BCUT2D eigenvalue weighted by molar-refractivity contribution is -0.0611. The molecule has 1 saturated heterocycles. The lowest BCUT2D eigenvalue weighted by Crippen LogP contribution is -2.45. The molecule has 2 rings (SSSR count). The Kier molecular flexibility index (Phi) is 3.79. The van der Waals surface area contributed by atoms with Gasteiger partial charge in [-0.25, -0.2) is 13.6 Å². The van der Waals surface area contributed by atoms with Crippen molar-refractivity contribution in [2.24, 2.45) is 0 Å². The SMILES string of the molecule is O=C(OCc1ccccc1)N1CCCC(F)(F)C1. The average molecular weight is 255 g/mol. The molecular weight excluding hydrogens is 240 g/mol. The summed E-state index contributed by atoms with van der Waals surface area (Å²) >= 11 is 0. The second-order valence-electron chi connectivity index (χ2n) is 4.42. The van der Waals surface area contributed by atoms with Gasteiger partial charge in [-0.05, 0) is 12.0 Å². The third-order valence-corrected chi connectivity index (χ3v) is 2.86. The van der Waals surface area contributed by atoms with Crippen molar-refractivity contribution in [1.29, 1.82) is 0 Å². The van der Waals surface area contributed by atoms with Crippen molar-refractivity contribution in [3.8, 4) is 0 Å². The summed E-state index contributed by atoms with van der Waals surface area (Å²) in [5.41, 5.74) is 0.842. The van der Waals surface area contributed by atoms with E-state index in [1.165, 1.54) is 0 Å². The topological polar surface area (TPSA) is 29.5 Å². The third-order valence-electron chi connectivity index (χ3n) is 2.86. The first-order valence-corrected chi connectivity index (χ1v) is 5.90. The number of hydrogen-bond acceptors (Lipinski definition) is 2. The van der Waals surface area contributed by atoms with E-state index in [4.69, 9.17) is 4.74 Å². The highest BCUT2D eigenvalue weighted by Crippen LogP contribution is 2.26. The zero-order chi connectivity index (χ0) is 13.0. The molecule has 98 valence electrons. The number of piperidine rings is 1. The van der Waals surface area contributed by atoms with Crippen LogP contribution < -0.4 is 0 Å². The largest absolute Gasteiger partial charge is 0.445 e. The summed E-state index contributed by atoms with van der Waals surface area (Å²) < 4.78 is 31.3. The molecule has 1 amide bonds. The minimum atomic E-state index is -2.79. The van der Waals surface area contributed by atoms with E-state index in [-0.39, 0.29) is 13.0 Å². The summed E-state index contributed by atoms with van der Waals surface area (Å²) in [6.45, 7) is -0.0917. The quantitative estimate of drug-likeness (QED) is 0.812. The Morgan fingerprint density at radius 1 is 1.33 bits per heavy atom. The maximum absolute atomic E-state index is 13.1. The van der Waals surface area contributed by atoms with Crippen molar-refractivity contribution in [2.45, 2.75) is 25.4 Å². The number of rotatable bonds is 2. The molecule has 1 fully saturated rings. The van der Waals surface area contributed by atoms with Crippen molar-refractivity contribution in [1.82, 2.24) is 4.90 Å². The summed E-state index contributed by atoms with van der Waals surface area (Å²) in [6.07, 6.45) is -0.513.